The summed E-state index contributed by atoms with van der Waals surface area (Å²) in [5, 5.41) is 13.4. The van der Waals surface area contributed by atoms with E-state index in [0.29, 0.717) is 5.56 Å². The Hall–Kier alpha value is -2.97. The summed E-state index contributed by atoms with van der Waals surface area (Å²) in [5.41, 5.74) is 5.81. The van der Waals surface area contributed by atoms with E-state index in [2.05, 4.69) is 5.32 Å². The maximum atomic E-state index is 12.1. The van der Waals surface area contributed by atoms with Crippen LogP contribution in [-0.2, 0) is 19.1 Å². The minimum Gasteiger partial charge on any atom is -0.466 e. The number of nitrogens with zero attached hydrogens (tertiary/aromatic N) is 1. The summed E-state index contributed by atoms with van der Waals surface area (Å²) in [7, 11) is 0. The molecule has 9 heteroatoms. The van der Waals surface area contributed by atoms with Crippen LogP contribution in [0, 0.1) is 16.0 Å². The normalized spacial score (nSPS) is 15.6. The van der Waals surface area contributed by atoms with Gasteiger partial charge in [-0.2, -0.15) is 0 Å². The number of rotatable bonds is 9. The van der Waals surface area contributed by atoms with Crippen molar-refractivity contribution in [1.82, 2.24) is 5.32 Å². The minimum atomic E-state index is -1.12. The van der Waals surface area contributed by atoms with Gasteiger partial charge in [0, 0.05) is 24.0 Å². The quantitative estimate of drug-likeness (QED) is 0.381. The maximum Gasteiger partial charge on any atom is 0.306 e. The van der Waals surface area contributed by atoms with Crippen molar-refractivity contribution in [3.05, 3.63) is 39.9 Å². The zero-order valence-electron chi connectivity index (χ0n) is 14.3. The summed E-state index contributed by atoms with van der Waals surface area (Å²) in [6, 6.07) is 4.32. The van der Waals surface area contributed by atoms with E-state index in [-0.39, 0.29) is 30.5 Å². The summed E-state index contributed by atoms with van der Waals surface area (Å²) in [6.07, 6.45) is 1.30. The lowest BCUT2D eigenvalue weighted by molar-refractivity contribution is -0.384. The number of carbonyl (C=O) groups excluding carboxylic acids is 3. The lowest BCUT2D eigenvalue weighted by Gasteiger charge is -2.25. The number of non-ortho nitro benzene ring substituents is 1. The standard InChI is InChI=1S/C17H21N3O6/c1-2-26-14(21)9-13(10-5-7-12(8-6-10)20(24)25)15(16(18)22)19-17(23)11-3-4-11/h5-8,11,13,15H,2-4,9H2,1H3,(H2,18,22)(H,19,23)/t13-,15-/m1/s1. The first-order chi connectivity index (χ1) is 12.3. The third-order valence-electron chi connectivity index (χ3n) is 4.18. The van der Waals surface area contributed by atoms with Crippen LogP contribution < -0.4 is 11.1 Å². The average Bonchev–Trinajstić information content (AvgIpc) is 3.43. The second-order valence-electron chi connectivity index (χ2n) is 6.13. The largest absolute Gasteiger partial charge is 0.466 e. The lowest BCUT2D eigenvalue weighted by atomic mass is 9.87. The van der Waals surface area contributed by atoms with Gasteiger partial charge in [-0.05, 0) is 25.3 Å². The van der Waals surface area contributed by atoms with Gasteiger partial charge in [-0.3, -0.25) is 24.5 Å². The Morgan fingerprint density at radius 1 is 1.31 bits per heavy atom. The Kier molecular flexibility index (Phi) is 6.26. The van der Waals surface area contributed by atoms with Gasteiger partial charge >= 0.3 is 5.97 Å². The maximum absolute atomic E-state index is 12.1. The van der Waals surface area contributed by atoms with E-state index >= 15 is 0 Å². The van der Waals surface area contributed by atoms with E-state index in [1.807, 2.05) is 0 Å². The second kappa shape index (κ2) is 8.41. The number of nitro groups is 1. The number of ether oxygens (including phenoxy) is 1. The Bertz CT molecular complexity index is 699. The summed E-state index contributed by atoms with van der Waals surface area (Å²) in [4.78, 5) is 46.3. The summed E-state index contributed by atoms with van der Waals surface area (Å²) < 4.78 is 4.94. The third-order valence-corrected chi connectivity index (χ3v) is 4.18. The fraction of sp³-hybridized carbons (Fsp3) is 0.471. The van der Waals surface area contributed by atoms with Crippen molar-refractivity contribution in [2.45, 2.75) is 38.1 Å². The number of amides is 2. The van der Waals surface area contributed by atoms with E-state index in [4.69, 9.17) is 10.5 Å². The minimum absolute atomic E-state index is 0.124. The van der Waals surface area contributed by atoms with E-state index in [1.165, 1.54) is 24.3 Å². The number of benzene rings is 1. The fourth-order valence-electron chi connectivity index (χ4n) is 2.66. The first-order valence-electron chi connectivity index (χ1n) is 8.33. The molecule has 1 aromatic carbocycles. The summed E-state index contributed by atoms with van der Waals surface area (Å²) in [6.45, 7) is 1.82. The Labute approximate surface area is 150 Å². The number of esters is 1. The van der Waals surface area contributed by atoms with Crippen molar-refractivity contribution in [3.63, 3.8) is 0 Å². The average molecular weight is 363 g/mol. The molecular formula is C17H21N3O6. The van der Waals surface area contributed by atoms with Gasteiger partial charge in [0.1, 0.15) is 6.04 Å². The van der Waals surface area contributed by atoms with Crippen LogP contribution in [0.4, 0.5) is 5.69 Å². The van der Waals surface area contributed by atoms with Crippen LogP contribution in [-0.4, -0.2) is 35.4 Å². The van der Waals surface area contributed by atoms with Crippen LogP contribution in [0.2, 0.25) is 0 Å². The summed E-state index contributed by atoms with van der Waals surface area (Å²) in [5.74, 6) is -2.55. The lowest BCUT2D eigenvalue weighted by Crippen LogP contribution is -2.49. The van der Waals surface area contributed by atoms with Gasteiger partial charge in [0.25, 0.3) is 5.69 Å². The zero-order chi connectivity index (χ0) is 19.3. The van der Waals surface area contributed by atoms with Crippen LogP contribution in [0.25, 0.3) is 0 Å². The van der Waals surface area contributed by atoms with Crippen LogP contribution in [0.5, 0.6) is 0 Å². The molecule has 1 saturated carbocycles. The summed E-state index contributed by atoms with van der Waals surface area (Å²) >= 11 is 0. The van der Waals surface area contributed by atoms with Gasteiger partial charge < -0.3 is 15.8 Å². The predicted molar refractivity (Wildman–Crippen MR) is 90.9 cm³/mol. The molecule has 0 saturated heterocycles. The third kappa shape index (κ3) is 5.01. The SMILES string of the molecule is CCOC(=O)C[C@H](c1ccc([N+](=O)[O-])cc1)[C@@H](NC(=O)C1CC1)C(N)=O. The first-order valence-corrected chi connectivity index (χ1v) is 8.33. The Balaban J connectivity index is 2.29. The molecule has 1 aromatic rings. The van der Waals surface area contributed by atoms with Crippen molar-refractivity contribution in [2.75, 3.05) is 6.61 Å². The fourth-order valence-corrected chi connectivity index (χ4v) is 2.66. The van der Waals surface area contributed by atoms with Crippen molar-refractivity contribution < 1.29 is 24.0 Å². The zero-order valence-corrected chi connectivity index (χ0v) is 14.3. The molecule has 2 rings (SSSR count). The molecule has 0 aliphatic heterocycles. The molecular weight excluding hydrogens is 342 g/mol. The molecule has 1 aliphatic carbocycles. The highest BCUT2D eigenvalue weighted by atomic mass is 16.6. The molecule has 3 N–H and O–H groups in total. The number of hydrogen-bond acceptors (Lipinski definition) is 6. The van der Waals surface area contributed by atoms with E-state index in [9.17, 15) is 24.5 Å². The topological polar surface area (TPSA) is 142 Å². The highest BCUT2D eigenvalue weighted by Gasteiger charge is 2.36. The number of nitrogens with two attached hydrogens (primary N) is 1. The smallest absolute Gasteiger partial charge is 0.306 e. The monoisotopic (exact) mass is 363 g/mol. The molecule has 2 amide bonds. The number of nitro benzene ring substituents is 1. The highest BCUT2D eigenvalue weighted by molar-refractivity contribution is 5.90. The van der Waals surface area contributed by atoms with Crippen LogP contribution in [0.15, 0.2) is 24.3 Å². The highest BCUT2D eigenvalue weighted by Crippen LogP contribution is 2.31. The van der Waals surface area contributed by atoms with E-state index < -0.39 is 28.8 Å². The first kappa shape index (κ1) is 19.4. The Morgan fingerprint density at radius 2 is 1.92 bits per heavy atom. The van der Waals surface area contributed by atoms with Gasteiger partial charge in [-0.1, -0.05) is 12.1 Å². The van der Waals surface area contributed by atoms with E-state index in [0.717, 1.165) is 12.8 Å². The van der Waals surface area contributed by atoms with Crippen molar-refractivity contribution in [1.29, 1.82) is 0 Å². The molecule has 0 spiro atoms. The molecule has 0 bridgehead atoms. The van der Waals surface area contributed by atoms with Crippen LogP contribution in [0.3, 0.4) is 0 Å². The van der Waals surface area contributed by atoms with Crippen molar-refractivity contribution in [3.8, 4) is 0 Å². The molecule has 0 unspecified atom stereocenters. The van der Waals surface area contributed by atoms with E-state index in [1.54, 1.807) is 6.92 Å². The number of nitrogens with one attached hydrogen (secondary N) is 1. The molecule has 0 aromatic heterocycles. The predicted octanol–water partition coefficient (Wildman–Crippen LogP) is 1.01. The molecule has 9 nitrogen and oxygen atoms in total. The van der Waals surface area contributed by atoms with Crippen molar-refractivity contribution in [2.24, 2.45) is 11.7 Å². The van der Waals surface area contributed by atoms with Gasteiger partial charge in [-0.25, -0.2) is 0 Å². The van der Waals surface area contributed by atoms with Gasteiger partial charge in [0.15, 0.2) is 0 Å². The van der Waals surface area contributed by atoms with Gasteiger partial charge in [-0.15, -0.1) is 0 Å². The Morgan fingerprint density at radius 3 is 2.38 bits per heavy atom. The van der Waals surface area contributed by atoms with Crippen LogP contribution in [0.1, 0.15) is 37.7 Å². The molecule has 1 fully saturated rings. The van der Waals surface area contributed by atoms with Gasteiger partial charge in [0.2, 0.25) is 11.8 Å². The molecule has 0 radical (unpaired) electrons. The molecule has 26 heavy (non-hydrogen) atoms. The second-order valence-corrected chi connectivity index (χ2v) is 6.13. The number of hydrogen-bond donors (Lipinski definition) is 2. The number of carbonyl (C=O) groups is 3. The molecule has 1 aliphatic rings. The van der Waals surface area contributed by atoms with Gasteiger partial charge in [0.05, 0.1) is 18.0 Å². The van der Waals surface area contributed by atoms with Crippen molar-refractivity contribution >= 4 is 23.5 Å². The number of primary amides is 1. The molecule has 140 valence electrons. The molecule has 0 heterocycles. The van der Waals surface area contributed by atoms with Crippen LogP contribution >= 0.6 is 0 Å². The molecule has 2 atom stereocenters.